The summed E-state index contributed by atoms with van der Waals surface area (Å²) in [7, 11) is 1.63. The Morgan fingerprint density at radius 2 is 2.00 bits per heavy atom. The van der Waals surface area contributed by atoms with Crippen LogP contribution in [0, 0.1) is 0 Å². The SMILES string of the molecule is COc1cccc(Cn2c(NC(=O)c3cncc(O)c3)nc3ccccc32)c1. The lowest BCUT2D eigenvalue weighted by atomic mass is 10.2. The molecule has 0 aliphatic heterocycles. The number of carbonyl (C=O) groups is 1. The average Bonchev–Trinajstić information content (AvgIpc) is 3.05. The largest absolute Gasteiger partial charge is 0.506 e. The number of para-hydroxylation sites is 2. The van der Waals surface area contributed by atoms with Crippen LogP contribution in [0.15, 0.2) is 67.0 Å². The maximum Gasteiger partial charge on any atom is 0.259 e. The van der Waals surface area contributed by atoms with E-state index < -0.39 is 5.91 Å². The number of aromatic nitrogens is 3. The minimum Gasteiger partial charge on any atom is -0.506 e. The number of nitrogens with zero attached hydrogens (tertiary/aromatic N) is 3. The predicted molar refractivity (Wildman–Crippen MR) is 106 cm³/mol. The molecule has 2 aromatic carbocycles. The maximum absolute atomic E-state index is 12.6. The van der Waals surface area contributed by atoms with Crippen LogP contribution in [-0.2, 0) is 6.54 Å². The van der Waals surface area contributed by atoms with Gasteiger partial charge in [-0.3, -0.25) is 15.1 Å². The summed E-state index contributed by atoms with van der Waals surface area (Å²) in [6, 6.07) is 16.8. The van der Waals surface area contributed by atoms with Crippen LogP contribution >= 0.6 is 0 Å². The van der Waals surface area contributed by atoms with Gasteiger partial charge in [-0.1, -0.05) is 24.3 Å². The highest BCUT2D eigenvalue weighted by Crippen LogP contribution is 2.23. The van der Waals surface area contributed by atoms with Gasteiger partial charge in [-0.05, 0) is 35.9 Å². The molecule has 2 aromatic heterocycles. The Kier molecular flexibility index (Phi) is 4.63. The number of amides is 1. The van der Waals surface area contributed by atoms with Crippen molar-refractivity contribution in [2.45, 2.75) is 6.54 Å². The van der Waals surface area contributed by atoms with Gasteiger partial charge < -0.3 is 14.4 Å². The lowest BCUT2D eigenvalue weighted by Crippen LogP contribution is -2.16. The van der Waals surface area contributed by atoms with Gasteiger partial charge in [-0.15, -0.1) is 0 Å². The highest BCUT2D eigenvalue weighted by atomic mass is 16.5. The molecule has 0 bridgehead atoms. The quantitative estimate of drug-likeness (QED) is 0.558. The molecule has 7 heteroatoms. The van der Waals surface area contributed by atoms with Crippen LogP contribution in [-0.4, -0.2) is 32.7 Å². The van der Waals surface area contributed by atoms with Crippen molar-refractivity contribution in [3.8, 4) is 11.5 Å². The van der Waals surface area contributed by atoms with Gasteiger partial charge in [0.2, 0.25) is 5.95 Å². The fourth-order valence-corrected chi connectivity index (χ4v) is 3.01. The van der Waals surface area contributed by atoms with Crippen LogP contribution < -0.4 is 10.1 Å². The molecule has 0 saturated heterocycles. The summed E-state index contributed by atoms with van der Waals surface area (Å²) in [5.74, 6) is 0.707. The minimum absolute atomic E-state index is 0.0717. The highest BCUT2D eigenvalue weighted by Gasteiger charge is 2.15. The minimum atomic E-state index is -0.398. The monoisotopic (exact) mass is 374 g/mol. The zero-order valence-corrected chi connectivity index (χ0v) is 15.2. The molecule has 4 aromatic rings. The van der Waals surface area contributed by atoms with E-state index in [1.165, 1.54) is 18.5 Å². The number of anilines is 1. The molecule has 140 valence electrons. The van der Waals surface area contributed by atoms with Crippen molar-refractivity contribution in [1.82, 2.24) is 14.5 Å². The third-order valence-electron chi connectivity index (χ3n) is 4.34. The smallest absolute Gasteiger partial charge is 0.259 e. The van der Waals surface area contributed by atoms with Crippen molar-refractivity contribution in [2.24, 2.45) is 0 Å². The summed E-state index contributed by atoms with van der Waals surface area (Å²) in [4.78, 5) is 21.0. The number of hydrogen-bond acceptors (Lipinski definition) is 5. The molecule has 0 atom stereocenters. The summed E-state index contributed by atoms with van der Waals surface area (Å²) in [5, 5.41) is 12.4. The van der Waals surface area contributed by atoms with Gasteiger partial charge in [0.15, 0.2) is 0 Å². The molecule has 0 spiro atoms. The number of pyridine rings is 1. The van der Waals surface area contributed by atoms with Crippen LogP contribution in [0.1, 0.15) is 15.9 Å². The van der Waals surface area contributed by atoms with Crippen LogP contribution in [0.2, 0.25) is 0 Å². The number of imidazole rings is 1. The van der Waals surface area contributed by atoms with Crippen molar-refractivity contribution in [1.29, 1.82) is 0 Å². The normalized spacial score (nSPS) is 10.8. The molecule has 0 aliphatic rings. The molecule has 1 amide bonds. The molecule has 0 saturated carbocycles. The predicted octanol–water partition coefficient (Wildman–Crippen LogP) is 3.45. The van der Waals surface area contributed by atoms with E-state index in [1.807, 2.05) is 53.1 Å². The Bertz CT molecular complexity index is 1150. The summed E-state index contributed by atoms with van der Waals surface area (Å²) < 4.78 is 7.23. The second-order valence-electron chi connectivity index (χ2n) is 6.25. The lowest BCUT2D eigenvalue weighted by Gasteiger charge is -2.11. The lowest BCUT2D eigenvalue weighted by molar-refractivity contribution is 0.102. The number of ether oxygens (including phenoxy) is 1. The van der Waals surface area contributed by atoms with E-state index in [9.17, 15) is 9.90 Å². The molecule has 2 heterocycles. The Morgan fingerprint density at radius 3 is 2.82 bits per heavy atom. The van der Waals surface area contributed by atoms with E-state index in [2.05, 4.69) is 15.3 Å². The van der Waals surface area contributed by atoms with E-state index in [4.69, 9.17) is 4.74 Å². The van der Waals surface area contributed by atoms with E-state index in [1.54, 1.807) is 7.11 Å². The molecule has 0 unspecified atom stereocenters. The van der Waals surface area contributed by atoms with Crippen LogP contribution in [0.3, 0.4) is 0 Å². The molecule has 0 aliphatic carbocycles. The van der Waals surface area contributed by atoms with E-state index in [0.29, 0.717) is 12.5 Å². The zero-order valence-electron chi connectivity index (χ0n) is 15.2. The van der Waals surface area contributed by atoms with Crippen molar-refractivity contribution in [3.63, 3.8) is 0 Å². The van der Waals surface area contributed by atoms with Crippen molar-refractivity contribution >= 4 is 22.9 Å². The van der Waals surface area contributed by atoms with Gasteiger partial charge in [0.05, 0.1) is 36.4 Å². The second kappa shape index (κ2) is 7.40. The number of methoxy groups -OCH3 is 1. The van der Waals surface area contributed by atoms with E-state index >= 15 is 0 Å². The first kappa shape index (κ1) is 17.5. The molecular weight excluding hydrogens is 356 g/mol. The second-order valence-corrected chi connectivity index (χ2v) is 6.25. The number of aromatic hydroxyl groups is 1. The Labute approximate surface area is 161 Å². The number of hydrogen-bond donors (Lipinski definition) is 2. The number of nitrogens with one attached hydrogen (secondary N) is 1. The van der Waals surface area contributed by atoms with Gasteiger partial charge >= 0.3 is 0 Å². The zero-order chi connectivity index (χ0) is 19.5. The number of benzene rings is 2. The van der Waals surface area contributed by atoms with Gasteiger partial charge in [0.25, 0.3) is 5.91 Å². The third-order valence-corrected chi connectivity index (χ3v) is 4.34. The van der Waals surface area contributed by atoms with Crippen molar-refractivity contribution < 1.29 is 14.6 Å². The standard InChI is InChI=1S/C21H18N4O3/c1-28-17-6-4-5-14(9-17)13-25-19-8-3-2-7-18(19)23-21(25)24-20(27)15-10-16(26)12-22-11-15/h2-12,26H,13H2,1H3,(H,23,24,27). The first-order valence-corrected chi connectivity index (χ1v) is 8.67. The number of carbonyl (C=O) groups excluding carboxylic acids is 1. The van der Waals surface area contributed by atoms with Crippen LogP contribution in [0.25, 0.3) is 11.0 Å². The van der Waals surface area contributed by atoms with E-state index in [0.717, 1.165) is 22.3 Å². The number of fused-ring (bicyclic) bond motifs is 1. The van der Waals surface area contributed by atoms with Gasteiger partial charge in [0.1, 0.15) is 11.5 Å². The Hall–Kier alpha value is -3.87. The Balaban J connectivity index is 1.71. The summed E-state index contributed by atoms with van der Waals surface area (Å²) >= 11 is 0. The highest BCUT2D eigenvalue weighted by molar-refractivity contribution is 6.04. The molecule has 7 nitrogen and oxygen atoms in total. The molecule has 4 rings (SSSR count). The molecule has 0 fully saturated rings. The Morgan fingerprint density at radius 1 is 1.14 bits per heavy atom. The summed E-state index contributed by atoms with van der Waals surface area (Å²) in [6.07, 6.45) is 2.67. The van der Waals surface area contributed by atoms with Crippen LogP contribution in [0.4, 0.5) is 5.95 Å². The van der Waals surface area contributed by atoms with Crippen LogP contribution in [0.5, 0.6) is 11.5 Å². The first-order valence-electron chi connectivity index (χ1n) is 8.67. The molecule has 28 heavy (non-hydrogen) atoms. The topological polar surface area (TPSA) is 89.3 Å². The fraction of sp³-hybridized carbons (Fsp3) is 0.0952. The van der Waals surface area contributed by atoms with Gasteiger partial charge in [-0.2, -0.15) is 0 Å². The summed E-state index contributed by atoms with van der Waals surface area (Å²) in [6.45, 7) is 0.506. The molecular formula is C21H18N4O3. The molecule has 2 N–H and O–H groups in total. The third kappa shape index (κ3) is 3.50. The molecule has 0 radical (unpaired) electrons. The maximum atomic E-state index is 12.6. The number of rotatable bonds is 5. The average molecular weight is 374 g/mol. The fourth-order valence-electron chi connectivity index (χ4n) is 3.01. The van der Waals surface area contributed by atoms with Gasteiger partial charge in [-0.25, -0.2) is 4.98 Å². The van der Waals surface area contributed by atoms with E-state index in [-0.39, 0.29) is 11.3 Å². The van der Waals surface area contributed by atoms with Crippen molar-refractivity contribution in [2.75, 3.05) is 12.4 Å². The first-order chi connectivity index (χ1) is 13.6. The van der Waals surface area contributed by atoms with Crippen molar-refractivity contribution in [3.05, 3.63) is 78.1 Å². The summed E-state index contributed by atoms with van der Waals surface area (Å²) in [5.41, 5.74) is 2.93. The van der Waals surface area contributed by atoms with Gasteiger partial charge in [0, 0.05) is 6.20 Å².